The van der Waals surface area contributed by atoms with Crippen LogP contribution in [0.15, 0.2) is 24.3 Å². The van der Waals surface area contributed by atoms with Crippen molar-refractivity contribution in [3.8, 4) is 0 Å². The second kappa shape index (κ2) is 4.72. The molecule has 0 aliphatic carbocycles. The number of amides is 1. The summed E-state index contributed by atoms with van der Waals surface area (Å²) in [6.45, 7) is 4.19. The zero-order chi connectivity index (χ0) is 14.3. The molecular weight excluding hydrogens is 250 g/mol. The Labute approximate surface area is 120 Å². The van der Waals surface area contributed by atoms with Gasteiger partial charge in [-0.3, -0.25) is 9.59 Å². The number of fused-ring (bicyclic) bond motifs is 3. The lowest BCUT2D eigenvalue weighted by Crippen LogP contribution is -2.53. The molecule has 2 aliphatic heterocycles. The number of hydrogen-bond acceptors (Lipinski definition) is 2. The molecule has 0 aromatic heterocycles. The highest BCUT2D eigenvalue weighted by Gasteiger charge is 2.52. The second-order valence-corrected chi connectivity index (χ2v) is 6.21. The smallest absolute Gasteiger partial charge is 0.255 e. The molecule has 1 aromatic rings. The Morgan fingerprint density at radius 3 is 2.80 bits per heavy atom. The zero-order valence-electron chi connectivity index (χ0n) is 12.2. The van der Waals surface area contributed by atoms with Gasteiger partial charge < -0.3 is 4.90 Å². The van der Waals surface area contributed by atoms with Crippen molar-refractivity contribution in [3.63, 3.8) is 0 Å². The molecule has 0 unspecified atom stereocenters. The molecular formula is C17H21NO2. The Morgan fingerprint density at radius 2 is 2.05 bits per heavy atom. The molecule has 0 radical (unpaired) electrons. The molecule has 2 heterocycles. The minimum atomic E-state index is -0.429. The van der Waals surface area contributed by atoms with Crippen LogP contribution in [0.1, 0.15) is 61.9 Å². The van der Waals surface area contributed by atoms with E-state index >= 15 is 0 Å². The van der Waals surface area contributed by atoms with Crippen LogP contribution >= 0.6 is 0 Å². The van der Waals surface area contributed by atoms with E-state index in [4.69, 9.17) is 0 Å². The number of hydrogen-bond donors (Lipinski definition) is 0. The maximum absolute atomic E-state index is 12.7. The number of Topliss-reactive ketones (excluding diaryl/α,β-unsaturated/α-hetero) is 1. The summed E-state index contributed by atoms with van der Waals surface area (Å²) in [6, 6.07) is 7.83. The minimum Gasteiger partial charge on any atom is -0.325 e. The van der Waals surface area contributed by atoms with E-state index in [-0.39, 0.29) is 17.7 Å². The third-order valence-electron chi connectivity index (χ3n) is 4.75. The third-order valence-corrected chi connectivity index (χ3v) is 4.75. The number of nitrogens with zero attached hydrogens (tertiary/aromatic N) is 1. The molecule has 2 atom stereocenters. The van der Waals surface area contributed by atoms with Crippen LogP contribution < -0.4 is 0 Å². The van der Waals surface area contributed by atoms with E-state index in [1.165, 1.54) is 0 Å². The summed E-state index contributed by atoms with van der Waals surface area (Å²) in [5, 5.41) is 0. The van der Waals surface area contributed by atoms with Crippen molar-refractivity contribution in [2.45, 2.75) is 57.5 Å². The monoisotopic (exact) mass is 271 g/mol. The number of carbonyl (C=O) groups excluding carboxylic acids is 2. The Hall–Kier alpha value is -1.64. The van der Waals surface area contributed by atoms with Crippen molar-refractivity contribution in [2.75, 3.05) is 0 Å². The largest absolute Gasteiger partial charge is 0.325 e. The van der Waals surface area contributed by atoms with Crippen molar-refractivity contribution in [2.24, 2.45) is 0 Å². The van der Waals surface area contributed by atoms with Gasteiger partial charge in [0.05, 0.1) is 5.54 Å². The topological polar surface area (TPSA) is 37.4 Å². The van der Waals surface area contributed by atoms with Crippen molar-refractivity contribution < 1.29 is 9.59 Å². The van der Waals surface area contributed by atoms with Gasteiger partial charge in [-0.1, -0.05) is 38.0 Å². The van der Waals surface area contributed by atoms with E-state index in [1.807, 2.05) is 36.1 Å². The predicted octanol–water partition coefficient (Wildman–Crippen LogP) is 3.28. The van der Waals surface area contributed by atoms with Crippen LogP contribution in [-0.4, -0.2) is 22.6 Å². The molecule has 1 amide bonds. The molecule has 1 aromatic carbocycles. The molecule has 3 rings (SSSR count). The molecule has 1 saturated heterocycles. The van der Waals surface area contributed by atoms with E-state index in [1.54, 1.807) is 0 Å². The minimum absolute atomic E-state index is 0.0705. The van der Waals surface area contributed by atoms with Gasteiger partial charge in [-0.2, -0.15) is 0 Å². The first-order valence-corrected chi connectivity index (χ1v) is 7.53. The summed E-state index contributed by atoms with van der Waals surface area (Å²) in [6.07, 6.45) is 4.07. The Morgan fingerprint density at radius 1 is 1.30 bits per heavy atom. The van der Waals surface area contributed by atoms with Crippen LogP contribution in [0.25, 0.3) is 0 Å². The molecule has 3 heteroatoms. The molecule has 0 saturated carbocycles. The summed E-state index contributed by atoms with van der Waals surface area (Å²) in [5.74, 6) is 0.394. The number of ketones is 1. The number of unbranched alkanes of at least 4 members (excludes halogenated alkanes) is 1. The van der Waals surface area contributed by atoms with Crippen molar-refractivity contribution in [3.05, 3.63) is 35.4 Å². The van der Waals surface area contributed by atoms with Crippen molar-refractivity contribution >= 4 is 11.7 Å². The van der Waals surface area contributed by atoms with Gasteiger partial charge in [0.25, 0.3) is 5.91 Å². The highest BCUT2D eigenvalue weighted by atomic mass is 16.2. The van der Waals surface area contributed by atoms with Crippen LogP contribution in [0.2, 0.25) is 0 Å². The Balaban J connectivity index is 2.04. The summed E-state index contributed by atoms with van der Waals surface area (Å²) < 4.78 is 0. The van der Waals surface area contributed by atoms with E-state index in [0.29, 0.717) is 12.8 Å². The lowest BCUT2D eigenvalue weighted by molar-refractivity contribution is -0.127. The first kappa shape index (κ1) is 13.3. The van der Waals surface area contributed by atoms with Gasteiger partial charge in [-0.25, -0.2) is 0 Å². The van der Waals surface area contributed by atoms with Gasteiger partial charge in [-0.15, -0.1) is 0 Å². The number of piperidine rings is 1. The summed E-state index contributed by atoms with van der Waals surface area (Å²) >= 11 is 0. The molecule has 1 fully saturated rings. The van der Waals surface area contributed by atoms with E-state index in [2.05, 4.69) is 6.92 Å². The first-order valence-electron chi connectivity index (χ1n) is 7.53. The molecule has 2 aliphatic rings. The normalized spacial score (nSPS) is 28.5. The molecule has 0 bridgehead atoms. The van der Waals surface area contributed by atoms with Gasteiger partial charge >= 0.3 is 0 Å². The van der Waals surface area contributed by atoms with Gasteiger partial charge in [0.15, 0.2) is 0 Å². The fourth-order valence-electron chi connectivity index (χ4n) is 3.85. The fraction of sp³-hybridized carbons (Fsp3) is 0.529. The Bertz CT molecular complexity index is 566. The van der Waals surface area contributed by atoms with Gasteiger partial charge in [0.1, 0.15) is 5.78 Å². The third kappa shape index (κ3) is 1.80. The van der Waals surface area contributed by atoms with Gasteiger partial charge in [0, 0.05) is 24.4 Å². The van der Waals surface area contributed by atoms with Crippen LogP contribution in [0.5, 0.6) is 0 Å². The van der Waals surface area contributed by atoms with Crippen LogP contribution in [0, 0.1) is 0 Å². The Kier molecular flexibility index (Phi) is 3.15. The summed E-state index contributed by atoms with van der Waals surface area (Å²) in [7, 11) is 0. The van der Waals surface area contributed by atoms with E-state index < -0.39 is 5.54 Å². The van der Waals surface area contributed by atoms with E-state index in [0.717, 1.165) is 30.4 Å². The molecule has 0 N–H and O–H groups in total. The van der Waals surface area contributed by atoms with E-state index in [9.17, 15) is 9.59 Å². The summed E-state index contributed by atoms with van der Waals surface area (Å²) in [5.41, 5.74) is 1.38. The standard InChI is InChI=1S/C17H21NO2/c1-3-4-7-12-10-13(19)11-17(2)15-9-6-5-8-14(15)16(20)18(12)17/h5-6,8-9,12H,3-4,7,10-11H2,1-2H3/t12-,17-/m0/s1. The first-order chi connectivity index (χ1) is 9.58. The van der Waals surface area contributed by atoms with Crippen molar-refractivity contribution in [1.82, 2.24) is 4.90 Å². The maximum atomic E-state index is 12.7. The second-order valence-electron chi connectivity index (χ2n) is 6.21. The fourth-order valence-corrected chi connectivity index (χ4v) is 3.85. The predicted molar refractivity (Wildman–Crippen MR) is 77.5 cm³/mol. The van der Waals surface area contributed by atoms with Crippen LogP contribution in [-0.2, 0) is 10.3 Å². The van der Waals surface area contributed by atoms with Gasteiger partial charge in [-0.05, 0) is 25.0 Å². The lowest BCUT2D eigenvalue weighted by Gasteiger charge is -2.45. The molecule has 3 nitrogen and oxygen atoms in total. The number of carbonyl (C=O) groups is 2. The SMILES string of the molecule is CCCC[C@H]1CC(=O)C[C@@]2(C)c3ccccc3C(=O)N12. The molecule has 20 heavy (non-hydrogen) atoms. The van der Waals surface area contributed by atoms with Crippen molar-refractivity contribution in [1.29, 1.82) is 0 Å². The maximum Gasteiger partial charge on any atom is 0.255 e. The lowest BCUT2D eigenvalue weighted by atomic mass is 9.80. The summed E-state index contributed by atoms with van der Waals surface area (Å²) in [4.78, 5) is 26.9. The zero-order valence-corrected chi connectivity index (χ0v) is 12.2. The number of rotatable bonds is 3. The quantitative estimate of drug-likeness (QED) is 0.846. The number of benzene rings is 1. The average Bonchev–Trinajstić information content (AvgIpc) is 2.65. The van der Waals surface area contributed by atoms with Gasteiger partial charge in [0.2, 0.25) is 0 Å². The molecule has 106 valence electrons. The molecule has 0 spiro atoms. The van der Waals surface area contributed by atoms with Crippen LogP contribution in [0.4, 0.5) is 0 Å². The highest BCUT2D eigenvalue weighted by molar-refractivity contribution is 6.02. The average molecular weight is 271 g/mol. The highest BCUT2D eigenvalue weighted by Crippen LogP contribution is 2.47. The van der Waals surface area contributed by atoms with Crippen LogP contribution in [0.3, 0.4) is 0 Å².